The summed E-state index contributed by atoms with van der Waals surface area (Å²) in [5.41, 5.74) is 2.71. The number of halogens is 1. The maximum absolute atomic E-state index is 12.9. The van der Waals surface area contributed by atoms with Gasteiger partial charge in [-0.1, -0.05) is 0 Å². The van der Waals surface area contributed by atoms with Crippen molar-refractivity contribution in [2.24, 2.45) is 0 Å². The molecule has 1 aliphatic rings. The molecule has 26 heavy (non-hydrogen) atoms. The summed E-state index contributed by atoms with van der Waals surface area (Å²) in [6.45, 7) is 3.56. The van der Waals surface area contributed by atoms with Gasteiger partial charge in [0, 0.05) is 24.8 Å². The highest BCUT2D eigenvalue weighted by molar-refractivity contribution is 7.18. The maximum Gasteiger partial charge on any atom is 0.319 e. The van der Waals surface area contributed by atoms with Crippen molar-refractivity contribution in [3.63, 3.8) is 0 Å². The van der Waals surface area contributed by atoms with Gasteiger partial charge >= 0.3 is 6.03 Å². The van der Waals surface area contributed by atoms with Gasteiger partial charge in [0.2, 0.25) is 0 Å². The number of urea groups is 1. The second kappa shape index (κ2) is 6.87. The Balaban J connectivity index is 1.40. The first-order chi connectivity index (χ1) is 12.6. The Morgan fingerprint density at radius 3 is 2.92 bits per heavy atom. The third-order valence-corrected chi connectivity index (χ3v) is 5.52. The Morgan fingerprint density at radius 1 is 1.31 bits per heavy atom. The number of carbonyl (C=O) groups is 1. The Bertz CT molecular complexity index is 942. The van der Waals surface area contributed by atoms with Crippen molar-refractivity contribution in [1.29, 1.82) is 0 Å². The van der Waals surface area contributed by atoms with Gasteiger partial charge in [0.15, 0.2) is 0 Å². The lowest BCUT2D eigenvalue weighted by Crippen LogP contribution is -2.39. The van der Waals surface area contributed by atoms with E-state index in [2.05, 4.69) is 30.9 Å². The SMILES string of the molecule is Cc1csc2c(N3CCC(NC(=O)Nc4ccc(F)cc4)C3)ncnc12. The molecule has 3 heterocycles. The molecule has 1 unspecified atom stereocenters. The van der Waals surface area contributed by atoms with E-state index in [4.69, 9.17) is 0 Å². The standard InChI is InChI=1S/C18H18FN5OS/c1-11-9-26-16-15(11)20-10-21-17(16)24-7-6-14(8-24)23-18(25)22-13-4-2-12(19)3-5-13/h2-5,9-10,14H,6-8H2,1H3,(H2,22,23,25). The van der Waals surface area contributed by atoms with Gasteiger partial charge in [-0.25, -0.2) is 19.2 Å². The Labute approximate surface area is 154 Å². The first-order valence-electron chi connectivity index (χ1n) is 8.37. The minimum Gasteiger partial charge on any atom is -0.353 e. The van der Waals surface area contributed by atoms with Crippen molar-refractivity contribution in [2.45, 2.75) is 19.4 Å². The normalized spacial score (nSPS) is 16.8. The molecule has 3 aromatic rings. The molecule has 2 aromatic heterocycles. The summed E-state index contributed by atoms with van der Waals surface area (Å²) in [6.07, 6.45) is 2.44. The summed E-state index contributed by atoms with van der Waals surface area (Å²) >= 11 is 1.65. The van der Waals surface area contributed by atoms with Crippen molar-refractivity contribution in [1.82, 2.24) is 15.3 Å². The molecule has 1 aliphatic heterocycles. The molecule has 1 atom stereocenters. The average molecular weight is 371 g/mol. The smallest absolute Gasteiger partial charge is 0.319 e. The van der Waals surface area contributed by atoms with Crippen LogP contribution in [-0.2, 0) is 0 Å². The van der Waals surface area contributed by atoms with E-state index in [1.807, 2.05) is 6.92 Å². The average Bonchev–Trinajstić information content (AvgIpc) is 3.24. The van der Waals surface area contributed by atoms with Crippen LogP contribution in [0.5, 0.6) is 0 Å². The van der Waals surface area contributed by atoms with E-state index in [9.17, 15) is 9.18 Å². The van der Waals surface area contributed by atoms with Crippen molar-refractivity contribution >= 4 is 39.1 Å². The topological polar surface area (TPSA) is 70.2 Å². The van der Waals surface area contributed by atoms with Crippen molar-refractivity contribution in [3.8, 4) is 0 Å². The van der Waals surface area contributed by atoms with Crippen LogP contribution in [0.25, 0.3) is 10.2 Å². The van der Waals surface area contributed by atoms with E-state index in [1.165, 1.54) is 24.3 Å². The van der Waals surface area contributed by atoms with Gasteiger partial charge in [-0.15, -0.1) is 11.3 Å². The largest absolute Gasteiger partial charge is 0.353 e. The molecule has 0 bridgehead atoms. The molecule has 0 aliphatic carbocycles. The number of nitrogens with one attached hydrogen (secondary N) is 2. The third kappa shape index (κ3) is 3.32. The molecule has 1 fully saturated rings. The zero-order chi connectivity index (χ0) is 18.1. The van der Waals surface area contributed by atoms with E-state index >= 15 is 0 Å². The monoisotopic (exact) mass is 371 g/mol. The van der Waals surface area contributed by atoms with Gasteiger partial charge in [0.05, 0.1) is 10.2 Å². The number of rotatable bonds is 3. The van der Waals surface area contributed by atoms with Crippen molar-refractivity contribution < 1.29 is 9.18 Å². The number of aromatic nitrogens is 2. The van der Waals surface area contributed by atoms with Gasteiger partial charge < -0.3 is 15.5 Å². The van der Waals surface area contributed by atoms with E-state index in [0.717, 1.165) is 34.6 Å². The molecular formula is C18H18FN5OS. The van der Waals surface area contributed by atoms with E-state index < -0.39 is 0 Å². The lowest BCUT2D eigenvalue weighted by atomic mass is 10.2. The number of thiophene rings is 1. The fraction of sp³-hybridized carbons (Fsp3) is 0.278. The quantitative estimate of drug-likeness (QED) is 0.739. The van der Waals surface area contributed by atoms with E-state index in [0.29, 0.717) is 12.2 Å². The van der Waals surface area contributed by atoms with Gasteiger partial charge in [0.1, 0.15) is 18.0 Å². The summed E-state index contributed by atoms with van der Waals surface area (Å²) in [5, 5.41) is 7.78. The van der Waals surface area contributed by atoms with Crippen LogP contribution in [0.2, 0.25) is 0 Å². The summed E-state index contributed by atoms with van der Waals surface area (Å²) in [4.78, 5) is 23.2. The number of amides is 2. The molecule has 6 nitrogen and oxygen atoms in total. The molecule has 1 aromatic carbocycles. The highest BCUT2D eigenvalue weighted by Gasteiger charge is 2.26. The highest BCUT2D eigenvalue weighted by Crippen LogP contribution is 2.32. The molecule has 4 rings (SSSR count). The number of anilines is 2. The number of hydrogen-bond donors (Lipinski definition) is 2. The lowest BCUT2D eigenvalue weighted by molar-refractivity contribution is 0.249. The number of carbonyl (C=O) groups excluding carboxylic acids is 1. The minimum absolute atomic E-state index is 0.0292. The van der Waals surface area contributed by atoms with Gasteiger partial charge in [-0.05, 0) is 48.6 Å². The molecule has 1 saturated heterocycles. The van der Waals surface area contributed by atoms with Crippen LogP contribution in [0.3, 0.4) is 0 Å². The predicted octanol–water partition coefficient (Wildman–Crippen LogP) is 3.54. The zero-order valence-electron chi connectivity index (χ0n) is 14.2. The van der Waals surface area contributed by atoms with E-state index in [1.54, 1.807) is 17.7 Å². The van der Waals surface area contributed by atoms with Gasteiger partial charge in [-0.3, -0.25) is 0 Å². The number of aryl methyl sites for hydroxylation is 1. The maximum atomic E-state index is 12.9. The summed E-state index contributed by atoms with van der Waals surface area (Å²) < 4.78 is 14.0. The highest BCUT2D eigenvalue weighted by atomic mass is 32.1. The molecule has 2 N–H and O–H groups in total. The van der Waals surface area contributed by atoms with Crippen LogP contribution in [0.1, 0.15) is 12.0 Å². The van der Waals surface area contributed by atoms with Crippen LogP contribution < -0.4 is 15.5 Å². The zero-order valence-corrected chi connectivity index (χ0v) is 15.0. The second-order valence-corrected chi connectivity index (χ2v) is 7.21. The van der Waals surface area contributed by atoms with Crippen LogP contribution >= 0.6 is 11.3 Å². The second-order valence-electron chi connectivity index (χ2n) is 6.33. The Hall–Kier alpha value is -2.74. The molecular weight excluding hydrogens is 353 g/mol. The van der Waals surface area contributed by atoms with Crippen molar-refractivity contribution in [3.05, 3.63) is 47.4 Å². The number of nitrogens with zero attached hydrogens (tertiary/aromatic N) is 3. The minimum atomic E-state index is -0.331. The van der Waals surface area contributed by atoms with Crippen molar-refractivity contribution in [2.75, 3.05) is 23.3 Å². The summed E-state index contributed by atoms with van der Waals surface area (Å²) in [7, 11) is 0. The first kappa shape index (κ1) is 16.7. The summed E-state index contributed by atoms with van der Waals surface area (Å²) in [6, 6.07) is 5.44. The molecule has 134 valence electrons. The van der Waals surface area contributed by atoms with E-state index in [-0.39, 0.29) is 17.9 Å². The molecule has 0 spiro atoms. The molecule has 2 amide bonds. The Morgan fingerprint density at radius 2 is 2.12 bits per heavy atom. The third-order valence-electron chi connectivity index (χ3n) is 4.44. The van der Waals surface area contributed by atoms with Crippen LogP contribution in [0, 0.1) is 12.7 Å². The fourth-order valence-electron chi connectivity index (χ4n) is 3.14. The van der Waals surface area contributed by atoms with Crippen LogP contribution in [0.15, 0.2) is 36.0 Å². The van der Waals surface area contributed by atoms with Gasteiger partial charge in [-0.2, -0.15) is 0 Å². The number of fused-ring (bicyclic) bond motifs is 1. The lowest BCUT2D eigenvalue weighted by Gasteiger charge is -2.18. The first-order valence-corrected chi connectivity index (χ1v) is 9.25. The number of hydrogen-bond acceptors (Lipinski definition) is 5. The van der Waals surface area contributed by atoms with Crippen LogP contribution in [-0.4, -0.2) is 35.1 Å². The fourth-order valence-corrected chi connectivity index (χ4v) is 4.16. The number of benzene rings is 1. The van der Waals surface area contributed by atoms with Crippen LogP contribution in [0.4, 0.5) is 20.7 Å². The Kier molecular flexibility index (Phi) is 4.42. The summed E-state index contributed by atoms with van der Waals surface area (Å²) in [5.74, 6) is 0.596. The molecule has 8 heteroatoms. The van der Waals surface area contributed by atoms with Gasteiger partial charge in [0.25, 0.3) is 0 Å². The molecule has 0 saturated carbocycles. The molecule has 0 radical (unpaired) electrons. The predicted molar refractivity (Wildman–Crippen MR) is 101 cm³/mol.